The Labute approximate surface area is 168 Å². The number of carbonyl (C=O) groups excluding carboxylic acids is 3. The molecule has 0 aromatic carbocycles. The Kier molecular flexibility index (Phi) is 13.4. The molecule has 1 atom stereocenters. The Morgan fingerprint density at radius 1 is 1.07 bits per heavy atom. The summed E-state index contributed by atoms with van der Waals surface area (Å²) in [6.07, 6.45) is 8.10. The highest BCUT2D eigenvalue weighted by Gasteiger charge is 2.21. The first kappa shape index (κ1) is 25.6. The Bertz CT molecular complexity index is 594. The Balaban J connectivity index is 4.90. The number of amides is 4. The van der Waals surface area contributed by atoms with Crippen molar-refractivity contribution in [2.45, 2.75) is 65.8 Å². The molecule has 0 aliphatic rings. The van der Waals surface area contributed by atoms with Crippen molar-refractivity contribution < 1.29 is 14.4 Å². The molecule has 7 nitrogen and oxygen atoms in total. The monoisotopic (exact) mass is 392 g/mol. The van der Waals surface area contributed by atoms with E-state index in [0.717, 1.165) is 12.0 Å². The number of allylic oxidation sites excluding steroid dienone is 4. The highest BCUT2D eigenvalue weighted by atomic mass is 16.2. The fraction of sp³-hybridized carbons (Fsp3) is 0.571. The lowest BCUT2D eigenvalue weighted by molar-refractivity contribution is -0.123. The van der Waals surface area contributed by atoms with E-state index in [4.69, 9.17) is 5.73 Å². The van der Waals surface area contributed by atoms with Gasteiger partial charge in [-0.2, -0.15) is 0 Å². The summed E-state index contributed by atoms with van der Waals surface area (Å²) in [6.45, 7) is 12.0. The van der Waals surface area contributed by atoms with E-state index in [-0.39, 0.29) is 18.2 Å². The summed E-state index contributed by atoms with van der Waals surface area (Å²) >= 11 is 0. The summed E-state index contributed by atoms with van der Waals surface area (Å²) in [6, 6.07) is -1.43. The van der Waals surface area contributed by atoms with Crippen LogP contribution in [0, 0.1) is 5.92 Å². The topological polar surface area (TPSA) is 113 Å². The van der Waals surface area contributed by atoms with Crippen molar-refractivity contribution in [1.82, 2.24) is 16.0 Å². The quantitative estimate of drug-likeness (QED) is 0.302. The Morgan fingerprint density at radius 3 is 2.29 bits per heavy atom. The van der Waals surface area contributed by atoms with Crippen LogP contribution in [0.1, 0.15) is 59.8 Å². The predicted octanol–water partition coefficient (Wildman–Crippen LogP) is 2.90. The SMILES string of the molecule is C=C(C)/C=C\C(=C/C)NC(=O)[C@H](CCCCN)NC(=O)NC(=O)CCC(C)C. The first-order valence-corrected chi connectivity index (χ1v) is 9.80. The fourth-order valence-corrected chi connectivity index (χ4v) is 2.24. The average molecular weight is 393 g/mol. The molecule has 28 heavy (non-hydrogen) atoms. The molecule has 0 heterocycles. The van der Waals surface area contributed by atoms with E-state index in [1.54, 1.807) is 25.2 Å². The predicted molar refractivity (Wildman–Crippen MR) is 113 cm³/mol. The number of hydrogen-bond donors (Lipinski definition) is 4. The molecule has 5 N–H and O–H groups in total. The van der Waals surface area contributed by atoms with E-state index in [9.17, 15) is 14.4 Å². The minimum atomic E-state index is -0.766. The molecule has 0 aromatic heterocycles. The molecule has 7 heteroatoms. The van der Waals surface area contributed by atoms with Gasteiger partial charge in [0.15, 0.2) is 0 Å². The summed E-state index contributed by atoms with van der Waals surface area (Å²) in [5.74, 6) is -0.331. The van der Waals surface area contributed by atoms with Crippen LogP contribution in [0.15, 0.2) is 36.1 Å². The molecule has 0 bridgehead atoms. The zero-order valence-corrected chi connectivity index (χ0v) is 17.6. The van der Waals surface area contributed by atoms with Crippen LogP contribution >= 0.6 is 0 Å². The van der Waals surface area contributed by atoms with Crippen LogP contribution in [0.4, 0.5) is 4.79 Å². The molecule has 0 rings (SSSR count). The average Bonchev–Trinajstić information content (AvgIpc) is 2.62. The molecule has 0 aliphatic heterocycles. The summed E-state index contributed by atoms with van der Waals surface area (Å²) < 4.78 is 0. The second-order valence-electron chi connectivity index (χ2n) is 7.20. The van der Waals surface area contributed by atoms with E-state index in [1.807, 2.05) is 20.8 Å². The van der Waals surface area contributed by atoms with Gasteiger partial charge in [0.1, 0.15) is 6.04 Å². The first-order chi connectivity index (χ1) is 13.2. The summed E-state index contributed by atoms with van der Waals surface area (Å²) in [5.41, 5.74) is 6.97. The largest absolute Gasteiger partial charge is 0.330 e. The van der Waals surface area contributed by atoms with Crippen molar-refractivity contribution >= 4 is 17.8 Å². The van der Waals surface area contributed by atoms with E-state index in [1.165, 1.54) is 0 Å². The van der Waals surface area contributed by atoms with Crippen LogP contribution < -0.4 is 21.7 Å². The minimum absolute atomic E-state index is 0.267. The second-order valence-corrected chi connectivity index (χ2v) is 7.20. The summed E-state index contributed by atoms with van der Waals surface area (Å²) in [5, 5.41) is 7.66. The number of nitrogens with two attached hydrogens (primary N) is 1. The van der Waals surface area contributed by atoms with Gasteiger partial charge in [0.2, 0.25) is 11.8 Å². The van der Waals surface area contributed by atoms with E-state index >= 15 is 0 Å². The van der Waals surface area contributed by atoms with Crippen molar-refractivity contribution in [3.8, 4) is 0 Å². The smallest absolute Gasteiger partial charge is 0.322 e. The van der Waals surface area contributed by atoms with Crippen LogP contribution in [0.5, 0.6) is 0 Å². The lowest BCUT2D eigenvalue weighted by atomic mass is 10.1. The maximum atomic E-state index is 12.6. The molecule has 4 amide bonds. The first-order valence-electron chi connectivity index (χ1n) is 9.80. The van der Waals surface area contributed by atoms with Gasteiger partial charge in [-0.15, -0.1) is 0 Å². The zero-order valence-electron chi connectivity index (χ0n) is 17.6. The van der Waals surface area contributed by atoms with Gasteiger partial charge in [0, 0.05) is 12.1 Å². The molecule has 158 valence electrons. The van der Waals surface area contributed by atoms with Gasteiger partial charge in [-0.1, -0.05) is 38.2 Å². The molecule has 0 saturated heterocycles. The van der Waals surface area contributed by atoms with E-state index < -0.39 is 12.1 Å². The summed E-state index contributed by atoms with van der Waals surface area (Å²) in [4.78, 5) is 36.6. The molecule has 0 aliphatic carbocycles. The van der Waals surface area contributed by atoms with Crippen molar-refractivity contribution in [2.24, 2.45) is 11.7 Å². The molecule has 0 spiro atoms. The van der Waals surface area contributed by atoms with Crippen LogP contribution in [0.25, 0.3) is 0 Å². The van der Waals surface area contributed by atoms with Gasteiger partial charge in [0.25, 0.3) is 0 Å². The summed E-state index contributed by atoms with van der Waals surface area (Å²) in [7, 11) is 0. The van der Waals surface area contributed by atoms with Gasteiger partial charge in [-0.25, -0.2) is 4.79 Å². The third kappa shape index (κ3) is 12.9. The third-order valence-corrected chi connectivity index (χ3v) is 3.90. The van der Waals surface area contributed by atoms with Crippen molar-refractivity contribution in [2.75, 3.05) is 6.54 Å². The van der Waals surface area contributed by atoms with Crippen molar-refractivity contribution in [1.29, 1.82) is 0 Å². The third-order valence-electron chi connectivity index (χ3n) is 3.90. The van der Waals surface area contributed by atoms with Gasteiger partial charge in [0.05, 0.1) is 0 Å². The Morgan fingerprint density at radius 2 is 1.75 bits per heavy atom. The van der Waals surface area contributed by atoms with Gasteiger partial charge in [-0.05, 0) is 58.1 Å². The second kappa shape index (κ2) is 14.6. The lowest BCUT2D eigenvalue weighted by Gasteiger charge is -2.19. The maximum Gasteiger partial charge on any atom is 0.322 e. The molecule has 0 radical (unpaired) electrons. The number of imide groups is 1. The standard InChI is InChI=1S/C21H36N4O3/c1-6-17(12-10-15(2)3)23-20(27)18(9-7-8-14-22)24-21(28)25-19(26)13-11-16(4)5/h6,10,12,16,18H,2,7-9,11,13-14,22H2,1,3-5H3,(H,23,27)(H2,24,25,26,28)/b12-10-,17-6+/t18-/m0/s1. The fourth-order valence-electron chi connectivity index (χ4n) is 2.24. The number of rotatable bonds is 12. The van der Waals surface area contributed by atoms with Crippen molar-refractivity contribution in [3.05, 3.63) is 36.1 Å². The molecule has 0 aromatic rings. The van der Waals surface area contributed by atoms with Crippen LogP contribution in [-0.2, 0) is 9.59 Å². The number of hydrogen-bond acceptors (Lipinski definition) is 4. The highest BCUT2D eigenvalue weighted by Crippen LogP contribution is 2.05. The highest BCUT2D eigenvalue weighted by molar-refractivity contribution is 5.96. The number of carbonyl (C=O) groups is 3. The van der Waals surface area contributed by atoms with Gasteiger partial charge in [-0.3, -0.25) is 14.9 Å². The minimum Gasteiger partial charge on any atom is -0.330 e. The lowest BCUT2D eigenvalue weighted by Crippen LogP contribution is -2.50. The van der Waals surface area contributed by atoms with Crippen LogP contribution in [-0.4, -0.2) is 30.4 Å². The molecular weight excluding hydrogens is 356 g/mol. The van der Waals surface area contributed by atoms with Gasteiger partial charge < -0.3 is 16.4 Å². The van der Waals surface area contributed by atoms with Crippen molar-refractivity contribution in [3.63, 3.8) is 0 Å². The number of urea groups is 1. The van der Waals surface area contributed by atoms with E-state index in [0.29, 0.717) is 37.4 Å². The normalized spacial score (nSPS) is 12.7. The van der Waals surface area contributed by atoms with Crippen LogP contribution in [0.3, 0.4) is 0 Å². The zero-order chi connectivity index (χ0) is 21.5. The van der Waals surface area contributed by atoms with Crippen LogP contribution in [0.2, 0.25) is 0 Å². The molecule has 0 unspecified atom stereocenters. The Hall–Kier alpha value is -2.41. The van der Waals surface area contributed by atoms with E-state index in [2.05, 4.69) is 22.5 Å². The van der Waals surface area contributed by atoms with Gasteiger partial charge >= 0.3 is 6.03 Å². The molecule has 0 fully saturated rings. The number of nitrogens with one attached hydrogen (secondary N) is 3. The molecule has 0 saturated carbocycles. The molecular formula is C21H36N4O3. The number of unbranched alkanes of at least 4 members (excludes halogenated alkanes) is 1. The maximum absolute atomic E-state index is 12.6.